The standard InChI is InChI=1S/C14H13N5O3/c1-9(10-2-3-11-12(4-10)22-8-21-11)17-14(20)6-19-7-16-13(5-15)18-19/h2-4,7,9H,6,8H2,1H3,(H,17,20)/t9-/m1/s1. The van der Waals surface area contributed by atoms with Crippen molar-refractivity contribution in [3.05, 3.63) is 35.9 Å². The van der Waals surface area contributed by atoms with Crippen LogP contribution in [0.15, 0.2) is 24.5 Å². The zero-order valence-corrected chi connectivity index (χ0v) is 11.8. The second-order valence-electron chi connectivity index (χ2n) is 4.78. The molecular weight excluding hydrogens is 286 g/mol. The van der Waals surface area contributed by atoms with Gasteiger partial charge in [0.05, 0.1) is 6.04 Å². The number of hydrogen-bond acceptors (Lipinski definition) is 6. The molecule has 0 spiro atoms. The Labute approximate surface area is 126 Å². The lowest BCUT2D eigenvalue weighted by atomic mass is 10.1. The van der Waals surface area contributed by atoms with E-state index < -0.39 is 0 Å². The molecule has 1 amide bonds. The average Bonchev–Trinajstić information content (AvgIpc) is 3.14. The van der Waals surface area contributed by atoms with Crippen molar-refractivity contribution in [2.45, 2.75) is 19.5 Å². The molecule has 2 heterocycles. The van der Waals surface area contributed by atoms with Crippen molar-refractivity contribution in [3.8, 4) is 17.6 Å². The summed E-state index contributed by atoms with van der Waals surface area (Å²) in [6.07, 6.45) is 1.35. The van der Waals surface area contributed by atoms with Crippen LogP contribution in [0.2, 0.25) is 0 Å². The highest BCUT2D eigenvalue weighted by molar-refractivity contribution is 5.76. The fourth-order valence-electron chi connectivity index (χ4n) is 2.12. The largest absolute Gasteiger partial charge is 0.454 e. The molecule has 8 heteroatoms. The Morgan fingerprint density at radius 3 is 3.09 bits per heavy atom. The number of aromatic nitrogens is 3. The SMILES string of the molecule is C[C@@H](NC(=O)Cn1cnc(C#N)n1)c1ccc2c(c1)OCO2. The lowest BCUT2D eigenvalue weighted by Gasteiger charge is -2.14. The third kappa shape index (κ3) is 2.83. The van der Waals surface area contributed by atoms with E-state index in [9.17, 15) is 4.79 Å². The van der Waals surface area contributed by atoms with E-state index in [1.54, 1.807) is 0 Å². The van der Waals surface area contributed by atoms with Gasteiger partial charge >= 0.3 is 0 Å². The molecule has 0 aliphatic carbocycles. The maximum Gasteiger partial charge on any atom is 0.252 e. The quantitative estimate of drug-likeness (QED) is 0.894. The molecule has 1 aromatic carbocycles. The van der Waals surface area contributed by atoms with Crippen LogP contribution in [0.1, 0.15) is 24.4 Å². The molecular formula is C14H13N5O3. The van der Waals surface area contributed by atoms with Crippen LogP contribution in [0.4, 0.5) is 0 Å². The maximum atomic E-state index is 12.0. The minimum absolute atomic E-state index is 0.00354. The van der Waals surface area contributed by atoms with Gasteiger partial charge in [0, 0.05) is 0 Å². The molecule has 1 aliphatic rings. The summed E-state index contributed by atoms with van der Waals surface area (Å²) in [6.45, 7) is 2.09. The van der Waals surface area contributed by atoms with E-state index in [2.05, 4.69) is 15.4 Å². The van der Waals surface area contributed by atoms with Gasteiger partial charge in [0.1, 0.15) is 18.9 Å². The number of ether oxygens (including phenoxy) is 2. The summed E-state index contributed by atoms with van der Waals surface area (Å²) < 4.78 is 11.9. The first kappa shape index (κ1) is 13.9. The molecule has 1 aliphatic heterocycles. The topological polar surface area (TPSA) is 102 Å². The number of carbonyl (C=O) groups excluding carboxylic acids is 1. The molecule has 3 rings (SSSR count). The molecule has 0 unspecified atom stereocenters. The number of hydrogen-bond donors (Lipinski definition) is 1. The smallest absolute Gasteiger partial charge is 0.252 e. The van der Waals surface area contributed by atoms with Crippen molar-refractivity contribution in [2.24, 2.45) is 0 Å². The summed E-state index contributed by atoms with van der Waals surface area (Å²) in [6, 6.07) is 7.15. The van der Waals surface area contributed by atoms with Gasteiger partial charge in [-0.3, -0.25) is 4.79 Å². The van der Waals surface area contributed by atoms with E-state index >= 15 is 0 Å². The monoisotopic (exact) mass is 299 g/mol. The van der Waals surface area contributed by atoms with E-state index in [-0.39, 0.29) is 31.1 Å². The fourth-order valence-corrected chi connectivity index (χ4v) is 2.12. The van der Waals surface area contributed by atoms with Crippen LogP contribution in [0, 0.1) is 11.3 Å². The van der Waals surface area contributed by atoms with Gasteiger partial charge in [-0.05, 0) is 24.6 Å². The van der Waals surface area contributed by atoms with Gasteiger partial charge < -0.3 is 14.8 Å². The number of carbonyl (C=O) groups is 1. The molecule has 1 N–H and O–H groups in total. The van der Waals surface area contributed by atoms with Crippen LogP contribution in [0.3, 0.4) is 0 Å². The highest BCUT2D eigenvalue weighted by Gasteiger charge is 2.17. The molecule has 8 nitrogen and oxygen atoms in total. The Hall–Kier alpha value is -3.08. The zero-order chi connectivity index (χ0) is 15.5. The van der Waals surface area contributed by atoms with Crippen LogP contribution in [0.25, 0.3) is 0 Å². The number of fused-ring (bicyclic) bond motifs is 1. The average molecular weight is 299 g/mol. The summed E-state index contributed by atoms with van der Waals surface area (Å²) in [5.74, 6) is 1.19. The van der Waals surface area contributed by atoms with Gasteiger partial charge in [0.15, 0.2) is 11.5 Å². The van der Waals surface area contributed by atoms with Gasteiger partial charge in [0.25, 0.3) is 5.82 Å². The first-order valence-electron chi connectivity index (χ1n) is 6.64. The van der Waals surface area contributed by atoms with Crippen molar-refractivity contribution in [1.82, 2.24) is 20.1 Å². The van der Waals surface area contributed by atoms with Gasteiger partial charge in [-0.25, -0.2) is 9.67 Å². The third-order valence-electron chi connectivity index (χ3n) is 3.22. The molecule has 22 heavy (non-hydrogen) atoms. The van der Waals surface area contributed by atoms with E-state index in [1.165, 1.54) is 11.0 Å². The van der Waals surface area contributed by atoms with Crippen LogP contribution in [-0.4, -0.2) is 27.5 Å². The first-order valence-corrected chi connectivity index (χ1v) is 6.64. The van der Waals surface area contributed by atoms with Crippen molar-refractivity contribution in [1.29, 1.82) is 5.26 Å². The molecule has 1 aromatic heterocycles. The highest BCUT2D eigenvalue weighted by atomic mass is 16.7. The molecule has 0 bridgehead atoms. The zero-order valence-electron chi connectivity index (χ0n) is 11.8. The number of amides is 1. The fraction of sp³-hybridized carbons (Fsp3) is 0.286. The Morgan fingerprint density at radius 1 is 1.50 bits per heavy atom. The van der Waals surface area contributed by atoms with E-state index in [0.717, 1.165) is 5.56 Å². The van der Waals surface area contributed by atoms with Crippen molar-refractivity contribution >= 4 is 5.91 Å². The summed E-state index contributed by atoms with van der Waals surface area (Å²) in [5, 5.41) is 15.3. The van der Waals surface area contributed by atoms with Crippen molar-refractivity contribution in [2.75, 3.05) is 6.79 Å². The Balaban J connectivity index is 1.62. The van der Waals surface area contributed by atoms with Gasteiger partial charge in [0.2, 0.25) is 12.7 Å². The summed E-state index contributed by atoms with van der Waals surface area (Å²) in [5.41, 5.74) is 0.911. The molecule has 1 atom stereocenters. The minimum Gasteiger partial charge on any atom is -0.454 e. The molecule has 0 fully saturated rings. The third-order valence-corrected chi connectivity index (χ3v) is 3.22. The number of benzene rings is 1. The Bertz CT molecular complexity index is 749. The van der Waals surface area contributed by atoms with Crippen LogP contribution >= 0.6 is 0 Å². The van der Waals surface area contributed by atoms with E-state index in [0.29, 0.717) is 11.5 Å². The molecule has 112 valence electrons. The number of nitriles is 1. The predicted octanol–water partition coefficient (Wildman–Crippen LogP) is 0.756. The van der Waals surface area contributed by atoms with E-state index in [4.69, 9.17) is 14.7 Å². The Morgan fingerprint density at radius 2 is 2.32 bits per heavy atom. The lowest BCUT2D eigenvalue weighted by molar-refractivity contribution is -0.122. The predicted molar refractivity (Wildman–Crippen MR) is 73.9 cm³/mol. The summed E-state index contributed by atoms with van der Waals surface area (Å²) in [7, 11) is 0. The normalized spacial score (nSPS) is 13.5. The summed E-state index contributed by atoms with van der Waals surface area (Å²) >= 11 is 0. The molecule has 0 saturated heterocycles. The number of nitrogens with zero attached hydrogens (tertiary/aromatic N) is 4. The second-order valence-corrected chi connectivity index (χ2v) is 4.78. The van der Waals surface area contributed by atoms with Gasteiger partial charge in [-0.1, -0.05) is 6.07 Å². The second kappa shape index (κ2) is 5.73. The van der Waals surface area contributed by atoms with Crippen LogP contribution < -0.4 is 14.8 Å². The maximum absolute atomic E-state index is 12.0. The lowest BCUT2D eigenvalue weighted by Crippen LogP contribution is -2.30. The van der Waals surface area contributed by atoms with Gasteiger partial charge in [-0.2, -0.15) is 5.26 Å². The number of rotatable bonds is 4. The molecule has 0 radical (unpaired) electrons. The highest BCUT2D eigenvalue weighted by Crippen LogP contribution is 2.34. The first-order chi connectivity index (χ1) is 10.7. The van der Waals surface area contributed by atoms with Crippen LogP contribution in [0.5, 0.6) is 11.5 Å². The Kier molecular flexibility index (Phi) is 3.62. The van der Waals surface area contributed by atoms with E-state index in [1.807, 2.05) is 31.2 Å². The summed E-state index contributed by atoms with van der Waals surface area (Å²) in [4.78, 5) is 15.7. The minimum atomic E-state index is -0.223. The number of nitrogens with one attached hydrogen (secondary N) is 1. The molecule has 2 aromatic rings. The molecule has 0 saturated carbocycles. The van der Waals surface area contributed by atoms with Crippen molar-refractivity contribution < 1.29 is 14.3 Å². The van der Waals surface area contributed by atoms with Gasteiger partial charge in [-0.15, -0.1) is 5.10 Å². The van der Waals surface area contributed by atoms with Crippen LogP contribution in [-0.2, 0) is 11.3 Å². The van der Waals surface area contributed by atoms with Crippen molar-refractivity contribution in [3.63, 3.8) is 0 Å².